The fourth-order valence-electron chi connectivity index (χ4n) is 1.64. The molecule has 0 saturated heterocycles. The first-order valence-corrected chi connectivity index (χ1v) is 7.38. The molecule has 22 heavy (non-hydrogen) atoms. The largest absolute Gasteiger partial charge is 0.494 e. The van der Waals surface area contributed by atoms with E-state index in [9.17, 15) is 4.79 Å². The molecule has 0 bridgehead atoms. The van der Waals surface area contributed by atoms with Gasteiger partial charge in [-0.15, -0.1) is 0 Å². The first kappa shape index (κ1) is 19.9. The Morgan fingerprint density at radius 1 is 1.32 bits per heavy atom. The molecule has 0 aromatic heterocycles. The second kappa shape index (κ2) is 12.7. The van der Waals surface area contributed by atoms with Crippen molar-refractivity contribution in [3.05, 3.63) is 54.1 Å². The lowest BCUT2D eigenvalue weighted by Gasteiger charge is -2.08. The summed E-state index contributed by atoms with van der Waals surface area (Å²) in [6.07, 6.45) is 8.12. The normalized spacial score (nSPS) is 9.95. The Kier molecular flexibility index (Phi) is 11.5. The first-order chi connectivity index (χ1) is 10.6. The zero-order valence-electron chi connectivity index (χ0n) is 13.4. The van der Waals surface area contributed by atoms with Gasteiger partial charge in [0.25, 0.3) is 0 Å². The van der Waals surface area contributed by atoms with Gasteiger partial charge in [-0.05, 0) is 50.8 Å². The molecule has 0 amide bonds. The van der Waals surface area contributed by atoms with Crippen molar-refractivity contribution in [1.82, 2.24) is 0 Å². The van der Waals surface area contributed by atoms with Gasteiger partial charge in [-0.3, -0.25) is 0 Å². The summed E-state index contributed by atoms with van der Waals surface area (Å²) in [5, 5.41) is 17.6. The number of aliphatic hydroxyl groups is 1. The van der Waals surface area contributed by atoms with Gasteiger partial charge in [0.15, 0.2) is 0 Å². The van der Waals surface area contributed by atoms with Crippen molar-refractivity contribution in [2.45, 2.75) is 33.1 Å². The maximum atomic E-state index is 10.9. The Bertz CT molecular complexity index is 478. The summed E-state index contributed by atoms with van der Waals surface area (Å²) in [4.78, 5) is 10.9. The second-order valence-electron chi connectivity index (χ2n) is 4.68. The molecule has 0 aliphatic heterocycles. The number of hydrogen-bond acceptors (Lipinski definition) is 3. The zero-order valence-corrected chi connectivity index (χ0v) is 13.4. The number of carbonyl (C=O) groups is 1. The molecule has 0 heterocycles. The number of carboxylic acid groups (broad SMARTS) is 1. The lowest BCUT2D eigenvalue weighted by Crippen LogP contribution is -2.02. The number of unbranched alkanes of at least 4 members (excludes halogenated alkanes) is 2. The van der Waals surface area contributed by atoms with E-state index in [1.165, 1.54) is 0 Å². The molecule has 0 atom stereocenters. The highest BCUT2D eigenvalue weighted by atomic mass is 16.5. The van der Waals surface area contributed by atoms with Crippen molar-refractivity contribution in [3.63, 3.8) is 0 Å². The van der Waals surface area contributed by atoms with Crippen LogP contribution in [0.1, 0.15) is 42.1 Å². The standard InChI is InChI=1S/C13H18O4.C5H8/c1-10-5-6-11(9-12(10)13(15)16)17-8-4-2-3-7-14;1-3-5-4-2/h5-6,9,14H,2-4,7-8H2,1H3,(H,15,16);3-5H,1H2,2H3/b;5-4-. The number of ether oxygens (including phenoxy) is 1. The SMILES string of the molecule is C=C/C=C\C.Cc1ccc(OCCCCCO)cc1C(=O)O. The summed E-state index contributed by atoms with van der Waals surface area (Å²) < 4.78 is 5.45. The van der Waals surface area contributed by atoms with Crippen molar-refractivity contribution in [2.75, 3.05) is 13.2 Å². The summed E-state index contributed by atoms with van der Waals surface area (Å²) in [7, 11) is 0. The van der Waals surface area contributed by atoms with E-state index < -0.39 is 5.97 Å². The molecule has 2 N–H and O–H groups in total. The summed E-state index contributed by atoms with van der Waals surface area (Å²) in [6, 6.07) is 5.06. The third-order valence-corrected chi connectivity index (χ3v) is 2.84. The van der Waals surface area contributed by atoms with Gasteiger partial charge in [0, 0.05) is 6.61 Å². The number of allylic oxidation sites excluding steroid dienone is 3. The quantitative estimate of drug-likeness (QED) is 0.563. The van der Waals surface area contributed by atoms with Crippen LogP contribution in [0.15, 0.2) is 43.0 Å². The van der Waals surface area contributed by atoms with E-state index in [1.807, 2.05) is 19.1 Å². The van der Waals surface area contributed by atoms with Gasteiger partial charge in [0.2, 0.25) is 0 Å². The maximum Gasteiger partial charge on any atom is 0.336 e. The van der Waals surface area contributed by atoms with Crippen LogP contribution in [-0.2, 0) is 0 Å². The van der Waals surface area contributed by atoms with Gasteiger partial charge < -0.3 is 14.9 Å². The minimum atomic E-state index is -0.937. The van der Waals surface area contributed by atoms with Crippen LogP contribution >= 0.6 is 0 Å². The van der Waals surface area contributed by atoms with Gasteiger partial charge in [0.05, 0.1) is 12.2 Å². The van der Waals surface area contributed by atoms with Crippen LogP contribution in [0.4, 0.5) is 0 Å². The Balaban J connectivity index is 0.000000763. The van der Waals surface area contributed by atoms with Crippen LogP contribution < -0.4 is 4.74 Å². The summed E-state index contributed by atoms with van der Waals surface area (Å²) in [5.74, 6) is -0.356. The highest BCUT2D eigenvalue weighted by molar-refractivity contribution is 5.89. The van der Waals surface area contributed by atoms with Crippen LogP contribution in [0, 0.1) is 6.92 Å². The lowest BCUT2D eigenvalue weighted by molar-refractivity contribution is 0.0695. The highest BCUT2D eigenvalue weighted by Gasteiger charge is 2.08. The van der Waals surface area contributed by atoms with Gasteiger partial charge in [-0.1, -0.05) is 30.9 Å². The van der Waals surface area contributed by atoms with Crippen LogP contribution in [0.25, 0.3) is 0 Å². The number of aliphatic hydroxyl groups excluding tert-OH is 1. The smallest absolute Gasteiger partial charge is 0.336 e. The zero-order chi connectivity index (χ0) is 16.8. The van der Waals surface area contributed by atoms with Crippen LogP contribution in [-0.4, -0.2) is 29.4 Å². The maximum absolute atomic E-state index is 10.9. The summed E-state index contributed by atoms with van der Waals surface area (Å²) in [5.41, 5.74) is 1.00. The van der Waals surface area contributed by atoms with Crippen molar-refractivity contribution >= 4 is 5.97 Å². The average Bonchev–Trinajstić information content (AvgIpc) is 2.50. The minimum absolute atomic E-state index is 0.202. The third kappa shape index (κ3) is 8.97. The number of hydrogen-bond donors (Lipinski definition) is 2. The number of aryl methyl sites for hydroxylation is 1. The molecular weight excluding hydrogens is 280 g/mol. The number of carboxylic acids is 1. The van der Waals surface area contributed by atoms with Gasteiger partial charge in [-0.25, -0.2) is 4.79 Å². The van der Waals surface area contributed by atoms with Crippen LogP contribution in [0.5, 0.6) is 5.75 Å². The van der Waals surface area contributed by atoms with Crippen LogP contribution in [0.3, 0.4) is 0 Å². The van der Waals surface area contributed by atoms with E-state index in [-0.39, 0.29) is 12.2 Å². The Labute approximate surface area is 132 Å². The molecule has 4 nitrogen and oxygen atoms in total. The van der Waals surface area contributed by atoms with E-state index in [4.69, 9.17) is 14.9 Å². The van der Waals surface area contributed by atoms with Gasteiger partial charge >= 0.3 is 5.97 Å². The number of benzene rings is 1. The second-order valence-corrected chi connectivity index (χ2v) is 4.68. The molecule has 1 aromatic carbocycles. The molecule has 0 fully saturated rings. The fraction of sp³-hybridized carbons (Fsp3) is 0.389. The molecule has 1 aromatic rings. The lowest BCUT2D eigenvalue weighted by atomic mass is 10.1. The predicted octanol–water partition coefficient (Wildman–Crippen LogP) is 3.98. The van der Waals surface area contributed by atoms with Crippen molar-refractivity contribution < 1.29 is 19.7 Å². The van der Waals surface area contributed by atoms with E-state index in [0.717, 1.165) is 24.8 Å². The molecule has 0 spiro atoms. The topological polar surface area (TPSA) is 66.8 Å². The number of aromatic carboxylic acids is 1. The van der Waals surface area contributed by atoms with Gasteiger partial charge in [0.1, 0.15) is 5.75 Å². The predicted molar refractivity (Wildman–Crippen MR) is 89.6 cm³/mol. The Hall–Kier alpha value is -2.07. The van der Waals surface area contributed by atoms with E-state index >= 15 is 0 Å². The highest BCUT2D eigenvalue weighted by Crippen LogP contribution is 2.17. The average molecular weight is 306 g/mol. The molecule has 0 aliphatic rings. The molecule has 0 saturated carbocycles. The van der Waals surface area contributed by atoms with Crippen LogP contribution in [0.2, 0.25) is 0 Å². The minimum Gasteiger partial charge on any atom is -0.494 e. The molecule has 0 aliphatic carbocycles. The van der Waals surface area contributed by atoms with Crippen molar-refractivity contribution in [1.29, 1.82) is 0 Å². The van der Waals surface area contributed by atoms with Crippen molar-refractivity contribution in [2.24, 2.45) is 0 Å². The third-order valence-electron chi connectivity index (χ3n) is 2.84. The van der Waals surface area contributed by atoms with Crippen molar-refractivity contribution in [3.8, 4) is 5.75 Å². The molecule has 0 radical (unpaired) electrons. The van der Waals surface area contributed by atoms with Gasteiger partial charge in [-0.2, -0.15) is 0 Å². The fourth-order valence-corrected chi connectivity index (χ4v) is 1.64. The molecule has 122 valence electrons. The monoisotopic (exact) mass is 306 g/mol. The number of rotatable bonds is 8. The molecule has 4 heteroatoms. The van der Waals surface area contributed by atoms with E-state index in [0.29, 0.717) is 12.4 Å². The van der Waals surface area contributed by atoms with E-state index in [2.05, 4.69) is 6.58 Å². The Morgan fingerprint density at radius 3 is 2.55 bits per heavy atom. The molecule has 0 unspecified atom stereocenters. The summed E-state index contributed by atoms with van der Waals surface area (Å²) >= 11 is 0. The Morgan fingerprint density at radius 2 is 2.05 bits per heavy atom. The first-order valence-electron chi connectivity index (χ1n) is 7.38. The molecular formula is C18H26O4. The molecule has 1 rings (SSSR count). The summed E-state index contributed by atoms with van der Waals surface area (Å²) in [6.45, 7) is 7.93. The van der Waals surface area contributed by atoms with E-state index in [1.54, 1.807) is 31.2 Å².